The van der Waals surface area contributed by atoms with Crippen LogP contribution < -0.4 is 0 Å². The highest BCUT2D eigenvalue weighted by molar-refractivity contribution is 8.00. The standard InChI is InChI=1S/C6H12S.C5H10O2/c1-6(2)4-3-5-7-6;1-5(2)6-3-4-7-5/h3-5H2,1-2H3;3-4H2,1-2H3. The van der Waals surface area contributed by atoms with Gasteiger partial charge in [-0.15, -0.1) is 0 Å². The van der Waals surface area contributed by atoms with Gasteiger partial charge in [0.2, 0.25) is 0 Å². The molecule has 2 heterocycles. The van der Waals surface area contributed by atoms with Gasteiger partial charge in [-0.3, -0.25) is 0 Å². The molecule has 2 rings (SSSR count). The molecule has 84 valence electrons. The highest BCUT2D eigenvalue weighted by Crippen LogP contribution is 2.36. The van der Waals surface area contributed by atoms with Crippen molar-refractivity contribution >= 4 is 11.8 Å². The quantitative estimate of drug-likeness (QED) is 0.622. The highest BCUT2D eigenvalue weighted by Gasteiger charge is 2.23. The molecule has 0 bridgehead atoms. The average molecular weight is 218 g/mol. The van der Waals surface area contributed by atoms with Crippen LogP contribution in [0.4, 0.5) is 0 Å². The van der Waals surface area contributed by atoms with Crippen molar-refractivity contribution in [1.82, 2.24) is 0 Å². The molecular weight excluding hydrogens is 196 g/mol. The second-order valence-corrected chi connectivity index (χ2v) is 6.61. The molecule has 0 aromatic rings. The van der Waals surface area contributed by atoms with Crippen molar-refractivity contribution in [3.63, 3.8) is 0 Å². The van der Waals surface area contributed by atoms with Gasteiger partial charge in [-0.1, -0.05) is 13.8 Å². The first-order valence-electron chi connectivity index (χ1n) is 5.33. The lowest BCUT2D eigenvalue weighted by Crippen LogP contribution is -2.18. The molecule has 2 aliphatic heterocycles. The summed E-state index contributed by atoms with van der Waals surface area (Å²) in [6.45, 7) is 9.97. The molecule has 0 saturated carbocycles. The van der Waals surface area contributed by atoms with Crippen molar-refractivity contribution in [1.29, 1.82) is 0 Å². The van der Waals surface area contributed by atoms with Gasteiger partial charge >= 0.3 is 0 Å². The first kappa shape index (κ1) is 12.3. The van der Waals surface area contributed by atoms with Crippen LogP contribution in [0.15, 0.2) is 0 Å². The Morgan fingerprint density at radius 2 is 1.57 bits per heavy atom. The van der Waals surface area contributed by atoms with Crippen LogP contribution in [0.5, 0.6) is 0 Å². The van der Waals surface area contributed by atoms with Crippen LogP contribution >= 0.6 is 11.8 Å². The molecule has 0 amide bonds. The Kier molecular flexibility index (Phi) is 4.29. The summed E-state index contributed by atoms with van der Waals surface area (Å²) in [4.78, 5) is 0. The van der Waals surface area contributed by atoms with E-state index in [4.69, 9.17) is 9.47 Å². The van der Waals surface area contributed by atoms with E-state index in [1.54, 1.807) is 0 Å². The summed E-state index contributed by atoms with van der Waals surface area (Å²) in [6, 6.07) is 0. The number of hydrogen-bond donors (Lipinski definition) is 0. The smallest absolute Gasteiger partial charge is 0.162 e. The van der Waals surface area contributed by atoms with Crippen LogP contribution in [0.1, 0.15) is 40.5 Å². The molecule has 0 aromatic carbocycles. The Balaban J connectivity index is 0.000000140. The fourth-order valence-electron chi connectivity index (χ4n) is 1.54. The molecule has 0 spiro atoms. The predicted molar refractivity (Wildman–Crippen MR) is 61.8 cm³/mol. The van der Waals surface area contributed by atoms with Crippen LogP contribution in [0.3, 0.4) is 0 Å². The van der Waals surface area contributed by atoms with Crippen molar-refractivity contribution in [2.45, 2.75) is 51.1 Å². The zero-order valence-corrected chi connectivity index (χ0v) is 10.6. The summed E-state index contributed by atoms with van der Waals surface area (Å²) < 4.78 is 10.8. The summed E-state index contributed by atoms with van der Waals surface area (Å²) in [7, 11) is 0. The van der Waals surface area contributed by atoms with E-state index in [2.05, 4.69) is 25.6 Å². The SMILES string of the molecule is CC1(C)CCCS1.CC1(C)OCCO1. The average Bonchev–Trinajstić information content (AvgIpc) is 2.60. The summed E-state index contributed by atoms with van der Waals surface area (Å²) in [5, 5.41) is 0. The van der Waals surface area contributed by atoms with Crippen LogP contribution in [0.2, 0.25) is 0 Å². The lowest BCUT2D eigenvalue weighted by molar-refractivity contribution is -0.125. The van der Waals surface area contributed by atoms with Gasteiger partial charge in [0, 0.05) is 4.75 Å². The van der Waals surface area contributed by atoms with Crippen LogP contribution in [-0.2, 0) is 9.47 Å². The third-order valence-corrected chi connectivity index (χ3v) is 3.88. The molecular formula is C11H22O2S. The van der Waals surface area contributed by atoms with E-state index in [-0.39, 0.29) is 5.79 Å². The molecule has 0 aliphatic carbocycles. The van der Waals surface area contributed by atoms with Crippen molar-refractivity contribution in [2.75, 3.05) is 19.0 Å². The van der Waals surface area contributed by atoms with Crippen LogP contribution in [-0.4, -0.2) is 29.5 Å². The largest absolute Gasteiger partial charge is 0.348 e. The minimum absolute atomic E-state index is 0.306. The second-order valence-electron chi connectivity index (χ2n) is 4.81. The minimum atomic E-state index is -0.306. The van der Waals surface area contributed by atoms with Gasteiger partial charge < -0.3 is 9.47 Å². The van der Waals surface area contributed by atoms with E-state index in [1.807, 2.05) is 13.8 Å². The van der Waals surface area contributed by atoms with Gasteiger partial charge in [-0.05, 0) is 32.4 Å². The maximum atomic E-state index is 5.12. The van der Waals surface area contributed by atoms with Gasteiger partial charge in [0.25, 0.3) is 0 Å². The van der Waals surface area contributed by atoms with Gasteiger partial charge in [-0.25, -0.2) is 0 Å². The monoisotopic (exact) mass is 218 g/mol. The van der Waals surface area contributed by atoms with Crippen molar-refractivity contribution in [3.05, 3.63) is 0 Å². The molecule has 2 nitrogen and oxygen atoms in total. The highest BCUT2D eigenvalue weighted by atomic mass is 32.2. The molecule has 2 aliphatic rings. The van der Waals surface area contributed by atoms with E-state index >= 15 is 0 Å². The molecule has 3 heteroatoms. The first-order chi connectivity index (χ1) is 6.41. The molecule has 0 atom stereocenters. The number of thioether (sulfide) groups is 1. The second kappa shape index (κ2) is 4.86. The molecule has 2 fully saturated rings. The van der Waals surface area contributed by atoms with E-state index in [0.29, 0.717) is 4.75 Å². The fraction of sp³-hybridized carbons (Fsp3) is 1.00. The lowest BCUT2D eigenvalue weighted by Gasteiger charge is -2.13. The number of hydrogen-bond acceptors (Lipinski definition) is 3. The van der Waals surface area contributed by atoms with Crippen molar-refractivity contribution in [3.8, 4) is 0 Å². The van der Waals surface area contributed by atoms with E-state index in [1.165, 1.54) is 18.6 Å². The van der Waals surface area contributed by atoms with Gasteiger partial charge in [-0.2, -0.15) is 11.8 Å². The third-order valence-electron chi connectivity index (χ3n) is 2.40. The Morgan fingerprint density at radius 3 is 1.71 bits per heavy atom. The molecule has 0 N–H and O–H groups in total. The van der Waals surface area contributed by atoms with Crippen LogP contribution in [0, 0.1) is 0 Å². The van der Waals surface area contributed by atoms with Gasteiger partial charge in [0.1, 0.15) is 0 Å². The predicted octanol–water partition coefficient (Wildman–Crippen LogP) is 3.06. The fourth-order valence-corrected chi connectivity index (χ4v) is 2.67. The summed E-state index contributed by atoms with van der Waals surface area (Å²) in [5.41, 5.74) is 0. The normalized spacial score (nSPS) is 28.3. The Labute approximate surface area is 91.7 Å². The minimum Gasteiger partial charge on any atom is -0.348 e. The zero-order chi connectivity index (χ0) is 10.7. The van der Waals surface area contributed by atoms with E-state index in [9.17, 15) is 0 Å². The first-order valence-corrected chi connectivity index (χ1v) is 6.32. The van der Waals surface area contributed by atoms with Crippen molar-refractivity contribution < 1.29 is 9.47 Å². The molecule has 0 radical (unpaired) electrons. The van der Waals surface area contributed by atoms with Gasteiger partial charge in [0.15, 0.2) is 5.79 Å². The number of rotatable bonds is 0. The summed E-state index contributed by atoms with van der Waals surface area (Å²) >= 11 is 2.10. The summed E-state index contributed by atoms with van der Waals surface area (Å²) in [5.74, 6) is 1.08. The Hall–Kier alpha value is 0.270. The zero-order valence-electron chi connectivity index (χ0n) is 9.76. The molecule has 0 unspecified atom stereocenters. The topological polar surface area (TPSA) is 18.5 Å². The lowest BCUT2D eigenvalue weighted by atomic mass is 10.1. The van der Waals surface area contributed by atoms with E-state index in [0.717, 1.165) is 13.2 Å². The van der Waals surface area contributed by atoms with Crippen molar-refractivity contribution in [2.24, 2.45) is 0 Å². The summed E-state index contributed by atoms with van der Waals surface area (Å²) in [6.07, 6.45) is 2.84. The van der Waals surface area contributed by atoms with E-state index < -0.39 is 0 Å². The molecule has 14 heavy (non-hydrogen) atoms. The molecule has 0 aromatic heterocycles. The maximum Gasteiger partial charge on any atom is 0.162 e. The molecule has 2 saturated heterocycles. The maximum absolute atomic E-state index is 5.12. The number of ether oxygens (including phenoxy) is 2. The van der Waals surface area contributed by atoms with Crippen LogP contribution in [0.25, 0.3) is 0 Å². The van der Waals surface area contributed by atoms with Gasteiger partial charge in [0.05, 0.1) is 13.2 Å². The Bertz CT molecular complexity index is 142. The Morgan fingerprint density at radius 1 is 1.00 bits per heavy atom. The third kappa shape index (κ3) is 4.67.